The molecule has 0 aromatic carbocycles. The summed E-state index contributed by atoms with van der Waals surface area (Å²) < 4.78 is 0. The summed E-state index contributed by atoms with van der Waals surface area (Å²) in [7, 11) is 0. The third-order valence-corrected chi connectivity index (χ3v) is 4.94. The quantitative estimate of drug-likeness (QED) is 0.846. The summed E-state index contributed by atoms with van der Waals surface area (Å²) in [4.78, 5) is 6.95. The van der Waals surface area contributed by atoms with Gasteiger partial charge in [0.25, 0.3) is 0 Å². The molecule has 0 radical (unpaired) electrons. The molecule has 4 heteroatoms. The van der Waals surface area contributed by atoms with Gasteiger partial charge in [0, 0.05) is 37.4 Å². The topological polar surface area (TPSA) is 62.4 Å². The van der Waals surface area contributed by atoms with Crippen LogP contribution in [0.1, 0.15) is 29.7 Å². The normalized spacial score (nSPS) is 30.8. The highest BCUT2D eigenvalue weighted by Crippen LogP contribution is 2.38. The van der Waals surface area contributed by atoms with Crippen molar-refractivity contribution in [1.82, 2.24) is 9.88 Å². The fourth-order valence-electron chi connectivity index (χ4n) is 3.62. The zero-order chi connectivity index (χ0) is 13.6. The third-order valence-electron chi connectivity index (χ3n) is 4.94. The first-order chi connectivity index (χ1) is 9.06. The van der Waals surface area contributed by atoms with Crippen LogP contribution in [0.4, 0.5) is 5.69 Å². The number of nitrogens with two attached hydrogens (primary N) is 1. The summed E-state index contributed by atoms with van der Waals surface area (Å²) in [5, 5.41) is 9.96. The van der Waals surface area contributed by atoms with E-state index in [1.54, 1.807) is 0 Å². The molecule has 2 fully saturated rings. The van der Waals surface area contributed by atoms with Crippen LogP contribution in [-0.4, -0.2) is 34.2 Å². The number of likely N-dealkylation sites (tertiary alicyclic amines) is 1. The van der Waals surface area contributed by atoms with Crippen molar-refractivity contribution in [3.63, 3.8) is 0 Å². The summed E-state index contributed by atoms with van der Waals surface area (Å²) in [6, 6.07) is 0. The molecule has 2 aliphatic rings. The van der Waals surface area contributed by atoms with Gasteiger partial charge in [-0.3, -0.25) is 9.88 Å². The molecule has 0 spiro atoms. The van der Waals surface area contributed by atoms with E-state index in [9.17, 15) is 5.11 Å². The van der Waals surface area contributed by atoms with E-state index >= 15 is 0 Å². The number of aliphatic hydroxyl groups excluding tert-OH is 1. The molecule has 0 amide bonds. The second-order valence-electron chi connectivity index (χ2n) is 6.19. The van der Waals surface area contributed by atoms with Crippen LogP contribution in [0, 0.1) is 25.7 Å². The maximum absolute atomic E-state index is 9.96. The zero-order valence-electron chi connectivity index (χ0n) is 11.8. The summed E-state index contributed by atoms with van der Waals surface area (Å²) in [6.07, 6.45) is 3.93. The fraction of sp³-hybridized carbons (Fsp3) is 0.667. The van der Waals surface area contributed by atoms with E-state index in [-0.39, 0.29) is 6.10 Å². The van der Waals surface area contributed by atoms with Crippen molar-refractivity contribution < 1.29 is 5.11 Å². The molecule has 1 aliphatic heterocycles. The highest BCUT2D eigenvalue weighted by atomic mass is 16.3. The van der Waals surface area contributed by atoms with Gasteiger partial charge < -0.3 is 10.8 Å². The van der Waals surface area contributed by atoms with Gasteiger partial charge in [-0.2, -0.15) is 0 Å². The monoisotopic (exact) mass is 261 g/mol. The molecule has 1 aliphatic carbocycles. The van der Waals surface area contributed by atoms with Crippen LogP contribution in [0.25, 0.3) is 0 Å². The standard InChI is InChI=1S/C15H23N3O/c1-9-5-17-13(10(2)15(9)16)8-18-6-11-3-4-14(19)12(11)7-18/h5,11-12,14,19H,3-4,6-8H2,1-2H3,(H2,16,17). The molecule has 3 rings (SSSR count). The molecule has 2 heterocycles. The van der Waals surface area contributed by atoms with Crippen LogP contribution in [0.15, 0.2) is 6.20 Å². The second kappa shape index (κ2) is 4.76. The summed E-state index contributed by atoms with van der Waals surface area (Å²) in [5.41, 5.74) is 10.2. The second-order valence-corrected chi connectivity index (χ2v) is 6.19. The number of aliphatic hydroxyl groups is 1. The first-order valence-electron chi connectivity index (χ1n) is 7.17. The average molecular weight is 261 g/mol. The molecule has 0 bridgehead atoms. The number of hydrogen-bond acceptors (Lipinski definition) is 4. The van der Waals surface area contributed by atoms with E-state index in [1.807, 2.05) is 13.1 Å². The Morgan fingerprint density at radius 1 is 1.37 bits per heavy atom. The first kappa shape index (κ1) is 12.9. The van der Waals surface area contributed by atoms with Crippen LogP contribution < -0.4 is 5.73 Å². The van der Waals surface area contributed by atoms with Crippen LogP contribution in [0.5, 0.6) is 0 Å². The number of aromatic nitrogens is 1. The molecule has 1 aromatic rings. The molecule has 1 saturated carbocycles. The molecule has 1 aromatic heterocycles. The minimum Gasteiger partial charge on any atom is -0.398 e. The van der Waals surface area contributed by atoms with Gasteiger partial charge >= 0.3 is 0 Å². The molecular formula is C15H23N3O. The van der Waals surface area contributed by atoms with Crippen LogP contribution in [0.2, 0.25) is 0 Å². The van der Waals surface area contributed by atoms with Gasteiger partial charge in [-0.1, -0.05) is 0 Å². The van der Waals surface area contributed by atoms with Gasteiger partial charge in [0.05, 0.1) is 11.8 Å². The SMILES string of the molecule is Cc1cnc(CN2CC3CCC(O)C3C2)c(C)c1N. The third kappa shape index (κ3) is 2.23. The lowest BCUT2D eigenvalue weighted by Gasteiger charge is -2.19. The minimum absolute atomic E-state index is 0.0906. The number of nitrogen functional groups attached to an aromatic ring is 1. The van der Waals surface area contributed by atoms with Crippen molar-refractivity contribution >= 4 is 5.69 Å². The Bertz CT molecular complexity index is 489. The smallest absolute Gasteiger partial charge is 0.0593 e. The van der Waals surface area contributed by atoms with E-state index in [1.165, 1.54) is 6.42 Å². The Hall–Kier alpha value is -1.13. The number of anilines is 1. The number of aryl methyl sites for hydroxylation is 1. The molecule has 19 heavy (non-hydrogen) atoms. The number of rotatable bonds is 2. The van der Waals surface area contributed by atoms with E-state index in [0.29, 0.717) is 11.8 Å². The lowest BCUT2D eigenvalue weighted by atomic mass is 10.00. The Morgan fingerprint density at radius 3 is 2.89 bits per heavy atom. The fourth-order valence-corrected chi connectivity index (χ4v) is 3.62. The number of fused-ring (bicyclic) bond motifs is 1. The first-order valence-corrected chi connectivity index (χ1v) is 7.17. The van der Waals surface area contributed by atoms with Crippen LogP contribution >= 0.6 is 0 Å². The highest BCUT2D eigenvalue weighted by Gasteiger charge is 2.41. The van der Waals surface area contributed by atoms with Gasteiger partial charge in [0.15, 0.2) is 0 Å². The van der Waals surface area contributed by atoms with Crippen molar-refractivity contribution in [1.29, 1.82) is 0 Å². The predicted molar refractivity (Wildman–Crippen MR) is 75.6 cm³/mol. The minimum atomic E-state index is -0.0906. The predicted octanol–water partition coefficient (Wildman–Crippen LogP) is 1.48. The number of pyridine rings is 1. The summed E-state index contributed by atoms with van der Waals surface area (Å²) in [6.45, 7) is 7.00. The van der Waals surface area contributed by atoms with Crippen LogP contribution in [-0.2, 0) is 6.54 Å². The highest BCUT2D eigenvalue weighted by molar-refractivity contribution is 5.53. The van der Waals surface area contributed by atoms with E-state index < -0.39 is 0 Å². The zero-order valence-corrected chi connectivity index (χ0v) is 11.8. The number of nitrogens with zero attached hydrogens (tertiary/aromatic N) is 2. The Kier molecular flexibility index (Phi) is 3.23. The Balaban J connectivity index is 1.72. The molecule has 3 unspecified atom stereocenters. The molecule has 1 saturated heterocycles. The number of hydrogen-bond donors (Lipinski definition) is 2. The van der Waals surface area contributed by atoms with E-state index in [2.05, 4.69) is 16.8 Å². The van der Waals surface area contributed by atoms with Gasteiger partial charge in [0.2, 0.25) is 0 Å². The molecular weight excluding hydrogens is 238 g/mol. The van der Waals surface area contributed by atoms with Crippen LogP contribution in [0.3, 0.4) is 0 Å². The van der Waals surface area contributed by atoms with Crippen molar-refractivity contribution in [2.45, 2.75) is 39.3 Å². The van der Waals surface area contributed by atoms with Crippen molar-refractivity contribution in [3.05, 3.63) is 23.0 Å². The summed E-state index contributed by atoms with van der Waals surface area (Å²) in [5.74, 6) is 1.15. The van der Waals surface area contributed by atoms with Crippen molar-refractivity contribution in [2.24, 2.45) is 11.8 Å². The molecule has 3 N–H and O–H groups in total. The van der Waals surface area contributed by atoms with E-state index in [4.69, 9.17) is 5.73 Å². The maximum atomic E-state index is 9.96. The Morgan fingerprint density at radius 2 is 2.16 bits per heavy atom. The summed E-state index contributed by atoms with van der Waals surface area (Å²) >= 11 is 0. The average Bonchev–Trinajstić information content (AvgIpc) is 2.93. The molecule has 104 valence electrons. The van der Waals surface area contributed by atoms with Gasteiger partial charge in [-0.15, -0.1) is 0 Å². The molecule has 4 nitrogen and oxygen atoms in total. The largest absolute Gasteiger partial charge is 0.398 e. The van der Waals surface area contributed by atoms with Crippen molar-refractivity contribution in [3.8, 4) is 0 Å². The van der Waals surface area contributed by atoms with Gasteiger partial charge in [0.1, 0.15) is 0 Å². The lowest BCUT2D eigenvalue weighted by molar-refractivity contribution is 0.123. The Labute approximate surface area is 114 Å². The van der Waals surface area contributed by atoms with Gasteiger partial charge in [-0.05, 0) is 43.7 Å². The van der Waals surface area contributed by atoms with Gasteiger partial charge in [-0.25, -0.2) is 0 Å². The molecule has 3 atom stereocenters. The van der Waals surface area contributed by atoms with Crippen molar-refractivity contribution in [2.75, 3.05) is 18.8 Å². The maximum Gasteiger partial charge on any atom is 0.0593 e. The lowest BCUT2D eigenvalue weighted by Crippen LogP contribution is -2.25. The van der Waals surface area contributed by atoms with E-state index in [0.717, 1.165) is 48.6 Å².